The molecule has 2 heterocycles. The molecule has 0 spiro atoms. The maximum atomic E-state index is 9.13. The van der Waals surface area contributed by atoms with Gasteiger partial charge in [-0.25, -0.2) is 0 Å². The second kappa shape index (κ2) is 6.11. The second-order valence-electron chi connectivity index (χ2n) is 5.13. The van der Waals surface area contributed by atoms with Crippen LogP contribution < -0.4 is 5.32 Å². The van der Waals surface area contributed by atoms with E-state index < -0.39 is 0 Å². The summed E-state index contributed by atoms with van der Waals surface area (Å²) in [5.41, 5.74) is 1.20. The van der Waals surface area contributed by atoms with E-state index in [9.17, 15) is 0 Å². The average molecular weight is 273 g/mol. The second-order valence-corrected chi connectivity index (χ2v) is 5.13. The van der Waals surface area contributed by atoms with E-state index in [1.54, 1.807) is 4.80 Å². The molecule has 0 radical (unpaired) electrons. The lowest BCUT2D eigenvalue weighted by molar-refractivity contribution is 0.250. The third-order valence-electron chi connectivity index (χ3n) is 3.83. The van der Waals surface area contributed by atoms with Crippen LogP contribution >= 0.6 is 0 Å². The molecule has 1 atom stereocenters. The predicted molar refractivity (Wildman–Crippen MR) is 73.9 cm³/mol. The van der Waals surface area contributed by atoms with Gasteiger partial charge in [-0.05, 0) is 42.6 Å². The van der Waals surface area contributed by atoms with E-state index in [4.69, 9.17) is 5.11 Å². The lowest BCUT2D eigenvalue weighted by Crippen LogP contribution is -2.34. The Kier molecular flexibility index (Phi) is 4.03. The van der Waals surface area contributed by atoms with Crippen molar-refractivity contribution in [1.82, 2.24) is 25.5 Å². The van der Waals surface area contributed by atoms with Crippen LogP contribution in [0, 0.1) is 5.92 Å². The quantitative estimate of drug-likeness (QED) is 0.860. The lowest BCUT2D eigenvalue weighted by atomic mass is 9.86. The van der Waals surface area contributed by atoms with E-state index in [-0.39, 0.29) is 12.6 Å². The molecule has 1 fully saturated rings. The largest absolute Gasteiger partial charge is 0.388 e. The number of hydrogen-bond donors (Lipinski definition) is 2. The van der Waals surface area contributed by atoms with Gasteiger partial charge in [0.1, 0.15) is 12.6 Å². The molecule has 0 saturated carbocycles. The Morgan fingerprint density at radius 3 is 2.65 bits per heavy atom. The van der Waals surface area contributed by atoms with Gasteiger partial charge >= 0.3 is 0 Å². The summed E-state index contributed by atoms with van der Waals surface area (Å²) < 4.78 is 0. The van der Waals surface area contributed by atoms with Gasteiger partial charge < -0.3 is 10.4 Å². The molecule has 1 aliphatic rings. The Morgan fingerprint density at radius 2 is 2.00 bits per heavy atom. The van der Waals surface area contributed by atoms with Crippen molar-refractivity contribution >= 4 is 0 Å². The van der Waals surface area contributed by atoms with E-state index in [1.807, 2.05) is 18.2 Å². The molecule has 0 bridgehead atoms. The maximum Gasteiger partial charge on any atom is 0.200 e. The summed E-state index contributed by atoms with van der Waals surface area (Å²) in [5, 5.41) is 24.8. The highest BCUT2D eigenvalue weighted by atomic mass is 16.3. The highest BCUT2D eigenvalue weighted by Gasteiger charge is 2.28. The average Bonchev–Trinajstić information content (AvgIpc) is 2.98. The Labute approximate surface area is 117 Å². The molecule has 2 aromatic rings. The first-order chi connectivity index (χ1) is 9.88. The smallest absolute Gasteiger partial charge is 0.200 e. The molecule has 1 aliphatic heterocycles. The summed E-state index contributed by atoms with van der Waals surface area (Å²) in [6, 6.07) is 10.4. The van der Waals surface area contributed by atoms with Crippen molar-refractivity contribution in [2.45, 2.75) is 25.5 Å². The van der Waals surface area contributed by atoms with E-state index in [0.717, 1.165) is 25.9 Å². The van der Waals surface area contributed by atoms with Crippen molar-refractivity contribution in [1.29, 1.82) is 0 Å². The minimum Gasteiger partial charge on any atom is -0.388 e. The molecule has 6 heteroatoms. The zero-order chi connectivity index (χ0) is 13.8. The Morgan fingerprint density at radius 1 is 1.25 bits per heavy atom. The predicted octanol–water partition coefficient (Wildman–Crippen LogP) is 0.754. The number of benzene rings is 1. The van der Waals surface area contributed by atoms with Crippen molar-refractivity contribution < 1.29 is 5.11 Å². The molecule has 20 heavy (non-hydrogen) atoms. The summed E-state index contributed by atoms with van der Waals surface area (Å²) in [6.07, 6.45) is 2.19. The molecule has 0 unspecified atom stereocenters. The number of aliphatic hydroxyl groups excluding tert-OH is 1. The van der Waals surface area contributed by atoms with E-state index >= 15 is 0 Å². The third kappa shape index (κ3) is 2.71. The lowest BCUT2D eigenvalue weighted by Gasteiger charge is -2.30. The summed E-state index contributed by atoms with van der Waals surface area (Å²) in [7, 11) is 0. The van der Waals surface area contributed by atoms with Gasteiger partial charge in [-0.1, -0.05) is 30.3 Å². The Bertz CT molecular complexity index is 536. The molecular formula is C14H19N5O. The van der Waals surface area contributed by atoms with Crippen LogP contribution in [0.15, 0.2) is 30.3 Å². The van der Waals surface area contributed by atoms with Crippen molar-refractivity contribution in [3.8, 4) is 0 Å². The van der Waals surface area contributed by atoms with Crippen LogP contribution in [0.4, 0.5) is 0 Å². The van der Waals surface area contributed by atoms with Crippen molar-refractivity contribution in [3.05, 3.63) is 41.7 Å². The van der Waals surface area contributed by atoms with Crippen molar-refractivity contribution in [3.63, 3.8) is 0 Å². The van der Waals surface area contributed by atoms with Crippen LogP contribution in [0.1, 0.15) is 30.3 Å². The number of rotatable bonds is 4. The fourth-order valence-corrected chi connectivity index (χ4v) is 2.84. The van der Waals surface area contributed by atoms with Gasteiger partial charge in [0.25, 0.3) is 0 Å². The minimum absolute atomic E-state index is 0.0890. The van der Waals surface area contributed by atoms with E-state index in [0.29, 0.717) is 11.7 Å². The number of nitrogens with one attached hydrogen (secondary N) is 1. The van der Waals surface area contributed by atoms with Crippen LogP contribution in [0.3, 0.4) is 0 Å². The number of tetrazole rings is 1. The zero-order valence-electron chi connectivity index (χ0n) is 11.3. The fraction of sp³-hybridized carbons (Fsp3) is 0.500. The molecule has 2 N–H and O–H groups in total. The first kappa shape index (κ1) is 13.2. The molecular weight excluding hydrogens is 254 g/mol. The van der Waals surface area contributed by atoms with Crippen LogP contribution in [0.25, 0.3) is 0 Å². The molecule has 1 aromatic carbocycles. The molecule has 0 amide bonds. The highest BCUT2D eigenvalue weighted by Crippen LogP contribution is 2.31. The van der Waals surface area contributed by atoms with Gasteiger partial charge in [0, 0.05) is 0 Å². The maximum absolute atomic E-state index is 9.13. The van der Waals surface area contributed by atoms with E-state index in [1.165, 1.54) is 5.56 Å². The van der Waals surface area contributed by atoms with Gasteiger partial charge in [0.15, 0.2) is 5.82 Å². The Balaban J connectivity index is 1.94. The van der Waals surface area contributed by atoms with E-state index in [2.05, 4.69) is 32.9 Å². The number of hydrogen-bond acceptors (Lipinski definition) is 5. The number of nitrogens with zero attached hydrogens (tertiary/aromatic N) is 4. The number of aliphatic hydroxyl groups is 1. The SMILES string of the molecule is OCc1nnn([C@@H](c2ccccc2)C2CCNCC2)n1. The van der Waals surface area contributed by atoms with Gasteiger partial charge in [-0.2, -0.15) is 4.80 Å². The summed E-state index contributed by atoms with van der Waals surface area (Å²) >= 11 is 0. The van der Waals surface area contributed by atoms with Gasteiger partial charge in [-0.3, -0.25) is 0 Å². The minimum atomic E-state index is -0.173. The Hall–Kier alpha value is -1.79. The molecule has 1 saturated heterocycles. The normalized spacial score (nSPS) is 18.1. The highest BCUT2D eigenvalue weighted by molar-refractivity contribution is 5.20. The van der Waals surface area contributed by atoms with Crippen molar-refractivity contribution in [2.24, 2.45) is 5.92 Å². The third-order valence-corrected chi connectivity index (χ3v) is 3.83. The topological polar surface area (TPSA) is 75.9 Å². The molecule has 1 aromatic heterocycles. The van der Waals surface area contributed by atoms with Gasteiger partial charge in [-0.15, -0.1) is 10.2 Å². The van der Waals surface area contributed by atoms with Gasteiger partial charge in [0.2, 0.25) is 0 Å². The summed E-state index contributed by atoms with van der Waals surface area (Å²) in [4.78, 5) is 1.66. The standard InChI is InChI=1S/C14H19N5O/c20-10-13-16-18-19(17-13)14(11-4-2-1-3-5-11)12-6-8-15-9-7-12/h1-5,12,14-15,20H,6-10H2/t14-/m0/s1. The van der Waals surface area contributed by atoms with Crippen molar-refractivity contribution in [2.75, 3.05) is 13.1 Å². The molecule has 0 aliphatic carbocycles. The summed E-state index contributed by atoms with van der Waals surface area (Å²) in [5.74, 6) is 0.860. The first-order valence-corrected chi connectivity index (χ1v) is 7.03. The fourth-order valence-electron chi connectivity index (χ4n) is 2.84. The van der Waals surface area contributed by atoms with Crippen LogP contribution in [0.2, 0.25) is 0 Å². The molecule has 106 valence electrons. The van der Waals surface area contributed by atoms with Crippen LogP contribution in [-0.4, -0.2) is 38.4 Å². The first-order valence-electron chi connectivity index (χ1n) is 7.03. The number of piperidine rings is 1. The molecule has 3 rings (SSSR count). The number of aromatic nitrogens is 4. The monoisotopic (exact) mass is 273 g/mol. The summed E-state index contributed by atoms with van der Waals surface area (Å²) in [6.45, 7) is 1.87. The van der Waals surface area contributed by atoms with Crippen LogP contribution in [-0.2, 0) is 6.61 Å². The zero-order valence-corrected chi connectivity index (χ0v) is 11.3. The van der Waals surface area contributed by atoms with Gasteiger partial charge in [0.05, 0.1) is 0 Å². The van der Waals surface area contributed by atoms with Crippen LogP contribution in [0.5, 0.6) is 0 Å². The molecule has 6 nitrogen and oxygen atoms in total.